The number of ether oxygens (including phenoxy) is 1. The fraction of sp³-hybridized carbons (Fsp3) is 0.923. The molecule has 122 valence electrons. The van der Waals surface area contributed by atoms with E-state index in [2.05, 4.69) is 0 Å². The third-order valence-corrected chi connectivity index (χ3v) is 6.67. The van der Waals surface area contributed by atoms with Crippen molar-refractivity contribution in [2.24, 2.45) is 11.3 Å². The summed E-state index contributed by atoms with van der Waals surface area (Å²) in [4.78, 5) is 13.5. The highest BCUT2D eigenvalue weighted by Crippen LogP contribution is 2.43. The monoisotopic (exact) mass is 319 g/mol. The second kappa shape index (κ2) is 5.83. The van der Waals surface area contributed by atoms with Gasteiger partial charge in [0, 0.05) is 59.7 Å². The number of nitrogens with zero attached hydrogens (tertiary/aromatic N) is 3. The fourth-order valence-corrected chi connectivity index (χ4v) is 4.61. The lowest BCUT2D eigenvalue weighted by atomic mass is 9.74. The minimum atomic E-state index is -3.40. The van der Waals surface area contributed by atoms with Crippen LogP contribution in [0.5, 0.6) is 0 Å². The van der Waals surface area contributed by atoms with E-state index in [-0.39, 0.29) is 17.2 Å². The molecule has 8 heteroatoms. The van der Waals surface area contributed by atoms with Crippen molar-refractivity contribution in [3.05, 3.63) is 0 Å². The summed E-state index contributed by atoms with van der Waals surface area (Å²) in [6, 6.07) is 0. The number of likely N-dealkylation sites (tertiary alicyclic amines) is 1. The molecule has 0 saturated carbocycles. The summed E-state index contributed by atoms with van der Waals surface area (Å²) < 4.78 is 32.7. The van der Waals surface area contributed by atoms with Crippen LogP contribution in [0, 0.1) is 11.3 Å². The van der Waals surface area contributed by atoms with E-state index in [9.17, 15) is 13.2 Å². The maximum Gasteiger partial charge on any atom is 0.281 e. The molecule has 0 aromatic heterocycles. The van der Waals surface area contributed by atoms with Gasteiger partial charge in [0.2, 0.25) is 5.91 Å². The number of rotatable bonds is 4. The Labute approximate surface area is 127 Å². The molecule has 0 aromatic rings. The van der Waals surface area contributed by atoms with Gasteiger partial charge in [0.15, 0.2) is 0 Å². The molecule has 0 spiro atoms. The van der Waals surface area contributed by atoms with Crippen LogP contribution in [0.3, 0.4) is 0 Å². The molecule has 0 N–H and O–H groups in total. The third-order valence-electron chi connectivity index (χ3n) is 4.76. The van der Waals surface area contributed by atoms with Crippen LogP contribution in [0.2, 0.25) is 0 Å². The SMILES string of the molecule is COCC12CCN(S(=O)(=O)N(C)C)CC1CN(C(C)=O)C2. The zero-order valence-electron chi connectivity index (χ0n) is 13.2. The molecule has 0 aromatic carbocycles. The van der Waals surface area contributed by atoms with E-state index in [1.54, 1.807) is 28.1 Å². The van der Waals surface area contributed by atoms with E-state index < -0.39 is 10.2 Å². The van der Waals surface area contributed by atoms with E-state index >= 15 is 0 Å². The van der Waals surface area contributed by atoms with Gasteiger partial charge in [0.1, 0.15) is 0 Å². The van der Waals surface area contributed by atoms with Crippen molar-refractivity contribution in [1.82, 2.24) is 13.5 Å². The Bertz CT molecular complexity index is 508. The summed E-state index contributed by atoms with van der Waals surface area (Å²) >= 11 is 0. The lowest BCUT2D eigenvalue weighted by Crippen LogP contribution is -2.53. The Hall–Kier alpha value is -0.700. The quantitative estimate of drug-likeness (QED) is 0.708. The largest absolute Gasteiger partial charge is 0.384 e. The normalized spacial score (nSPS) is 30.7. The molecule has 2 fully saturated rings. The number of piperidine rings is 1. The second-order valence-electron chi connectivity index (χ2n) is 6.29. The summed E-state index contributed by atoms with van der Waals surface area (Å²) in [7, 11) is 1.35. The maximum absolute atomic E-state index is 12.3. The minimum Gasteiger partial charge on any atom is -0.384 e. The first-order chi connectivity index (χ1) is 9.73. The van der Waals surface area contributed by atoms with Crippen molar-refractivity contribution in [2.45, 2.75) is 13.3 Å². The molecule has 2 saturated heterocycles. The molecule has 0 aliphatic carbocycles. The van der Waals surface area contributed by atoms with Crippen LogP contribution in [0.4, 0.5) is 0 Å². The summed E-state index contributed by atoms with van der Waals surface area (Å²) in [6.07, 6.45) is 0.725. The third kappa shape index (κ3) is 2.94. The smallest absolute Gasteiger partial charge is 0.281 e. The van der Waals surface area contributed by atoms with Crippen molar-refractivity contribution in [2.75, 3.05) is 54.0 Å². The molecule has 2 rings (SSSR count). The molecular formula is C13H25N3O4S. The highest BCUT2D eigenvalue weighted by molar-refractivity contribution is 7.86. The predicted octanol–water partition coefficient (Wildman–Crippen LogP) is -0.390. The number of hydrogen-bond donors (Lipinski definition) is 0. The number of methoxy groups -OCH3 is 1. The Balaban J connectivity index is 2.21. The molecule has 2 unspecified atom stereocenters. The fourth-order valence-electron chi connectivity index (χ4n) is 3.46. The molecule has 2 heterocycles. The highest BCUT2D eigenvalue weighted by Gasteiger charge is 2.51. The van der Waals surface area contributed by atoms with Gasteiger partial charge in [-0.2, -0.15) is 17.0 Å². The summed E-state index contributed by atoms with van der Waals surface area (Å²) in [6.45, 7) is 4.33. The number of carbonyl (C=O) groups excluding carboxylic acids is 1. The lowest BCUT2D eigenvalue weighted by Gasteiger charge is -2.42. The highest BCUT2D eigenvalue weighted by atomic mass is 32.2. The first kappa shape index (κ1) is 16.7. The second-order valence-corrected chi connectivity index (χ2v) is 8.43. The van der Waals surface area contributed by atoms with Crippen molar-refractivity contribution in [1.29, 1.82) is 0 Å². The predicted molar refractivity (Wildman–Crippen MR) is 78.8 cm³/mol. The Morgan fingerprint density at radius 3 is 2.57 bits per heavy atom. The Kier molecular flexibility index (Phi) is 4.63. The first-order valence-corrected chi connectivity index (χ1v) is 8.55. The van der Waals surface area contributed by atoms with E-state index in [4.69, 9.17) is 4.74 Å². The topological polar surface area (TPSA) is 70.2 Å². The average Bonchev–Trinajstić information content (AvgIpc) is 2.77. The molecule has 0 bridgehead atoms. The molecule has 1 amide bonds. The summed E-state index contributed by atoms with van der Waals surface area (Å²) in [5.74, 6) is 0.173. The standard InChI is InChI=1S/C13H25N3O4S/c1-11(17)15-7-12-8-16(21(18,19)14(2)3)6-5-13(12,9-15)10-20-4/h12H,5-10H2,1-4H3. The zero-order chi connectivity index (χ0) is 15.8. The summed E-state index contributed by atoms with van der Waals surface area (Å²) in [5.41, 5.74) is -0.112. The van der Waals surface area contributed by atoms with Gasteiger partial charge >= 0.3 is 0 Å². The van der Waals surface area contributed by atoms with Crippen LogP contribution >= 0.6 is 0 Å². The molecule has 21 heavy (non-hydrogen) atoms. The molecule has 7 nitrogen and oxygen atoms in total. The maximum atomic E-state index is 12.3. The molecule has 0 radical (unpaired) electrons. The van der Waals surface area contributed by atoms with Crippen molar-refractivity contribution in [3.63, 3.8) is 0 Å². The number of amides is 1. The van der Waals surface area contributed by atoms with Gasteiger partial charge in [0.05, 0.1) is 6.61 Å². The van der Waals surface area contributed by atoms with Gasteiger partial charge in [-0.05, 0) is 12.3 Å². The van der Waals surface area contributed by atoms with Gasteiger partial charge in [0.25, 0.3) is 10.2 Å². The van der Waals surface area contributed by atoms with Crippen LogP contribution in [-0.4, -0.2) is 81.8 Å². The summed E-state index contributed by atoms with van der Waals surface area (Å²) in [5, 5.41) is 0. The van der Waals surface area contributed by atoms with Crippen LogP contribution in [0.25, 0.3) is 0 Å². The van der Waals surface area contributed by atoms with Crippen LogP contribution < -0.4 is 0 Å². The van der Waals surface area contributed by atoms with Crippen molar-refractivity contribution >= 4 is 16.1 Å². The average molecular weight is 319 g/mol. The van der Waals surface area contributed by atoms with Gasteiger partial charge < -0.3 is 9.64 Å². The molecule has 2 aliphatic heterocycles. The molecule has 2 atom stereocenters. The van der Waals surface area contributed by atoms with Crippen LogP contribution in [0.1, 0.15) is 13.3 Å². The number of carbonyl (C=O) groups is 1. The van der Waals surface area contributed by atoms with Gasteiger partial charge in [-0.15, -0.1) is 0 Å². The first-order valence-electron chi connectivity index (χ1n) is 7.15. The van der Waals surface area contributed by atoms with Crippen molar-refractivity contribution < 1.29 is 17.9 Å². The van der Waals surface area contributed by atoms with Gasteiger partial charge in [-0.1, -0.05) is 0 Å². The van der Waals surface area contributed by atoms with E-state index in [0.717, 1.165) is 6.42 Å². The van der Waals surface area contributed by atoms with E-state index in [1.165, 1.54) is 8.61 Å². The Morgan fingerprint density at radius 1 is 1.38 bits per heavy atom. The lowest BCUT2D eigenvalue weighted by molar-refractivity contribution is -0.128. The van der Waals surface area contributed by atoms with Gasteiger partial charge in [-0.25, -0.2) is 0 Å². The Morgan fingerprint density at radius 2 is 2.05 bits per heavy atom. The van der Waals surface area contributed by atoms with E-state index in [1.807, 2.05) is 4.90 Å². The van der Waals surface area contributed by atoms with Gasteiger partial charge in [-0.3, -0.25) is 4.79 Å². The van der Waals surface area contributed by atoms with Crippen LogP contribution in [0.15, 0.2) is 0 Å². The van der Waals surface area contributed by atoms with Crippen LogP contribution in [-0.2, 0) is 19.7 Å². The van der Waals surface area contributed by atoms with E-state index in [0.29, 0.717) is 32.8 Å². The van der Waals surface area contributed by atoms with Crippen molar-refractivity contribution in [3.8, 4) is 0 Å². The molecular weight excluding hydrogens is 294 g/mol. The number of fused-ring (bicyclic) bond motifs is 1. The molecule has 2 aliphatic rings. The minimum absolute atomic E-state index is 0.0434. The zero-order valence-corrected chi connectivity index (χ0v) is 14.0. The number of hydrogen-bond acceptors (Lipinski definition) is 4.